The van der Waals surface area contributed by atoms with Gasteiger partial charge in [-0.3, -0.25) is 0 Å². The molecule has 2 aliphatic carbocycles. The van der Waals surface area contributed by atoms with Gasteiger partial charge in [-0.05, 0) is 37.0 Å². The molecule has 62 valence electrons. The van der Waals surface area contributed by atoms with Crippen molar-refractivity contribution in [3.8, 4) is 0 Å². The summed E-state index contributed by atoms with van der Waals surface area (Å²) in [6, 6.07) is 0. The van der Waals surface area contributed by atoms with Gasteiger partial charge in [0.1, 0.15) is 0 Å². The molecule has 0 unspecified atom stereocenters. The maximum Gasteiger partial charge on any atom is 0.0868 e. The molecule has 5 atom stereocenters. The molecule has 11 heavy (non-hydrogen) atoms. The Bertz CT molecular complexity index is 180. The second kappa shape index (κ2) is 1.99. The van der Waals surface area contributed by atoms with Gasteiger partial charge < -0.3 is 9.84 Å². The van der Waals surface area contributed by atoms with E-state index in [-0.39, 0.29) is 12.2 Å². The van der Waals surface area contributed by atoms with Crippen molar-refractivity contribution in [3.63, 3.8) is 0 Å². The van der Waals surface area contributed by atoms with Crippen LogP contribution in [0.1, 0.15) is 19.3 Å². The van der Waals surface area contributed by atoms with Crippen LogP contribution in [0.25, 0.3) is 0 Å². The van der Waals surface area contributed by atoms with Crippen LogP contribution in [-0.2, 0) is 4.74 Å². The van der Waals surface area contributed by atoms with Gasteiger partial charge in [-0.25, -0.2) is 0 Å². The average Bonchev–Trinajstić information content (AvgIpc) is 2.53. The number of ether oxygens (including phenoxy) is 1. The summed E-state index contributed by atoms with van der Waals surface area (Å²) in [4.78, 5) is 0. The van der Waals surface area contributed by atoms with Gasteiger partial charge >= 0.3 is 0 Å². The van der Waals surface area contributed by atoms with Gasteiger partial charge in [0.25, 0.3) is 0 Å². The molecule has 0 radical (unpaired) electrons. The first kappa shape index (κ1) is 6.44. The standard InChI is InChI=1S/C9H14O2/c10-7-3-5-1-2-6-4-11-9(7)8(5)6/h5-10H,1-4H2/t5-,6+,7-,8+,9+/m1/s1. The fraction of sp³-hybridized carbons (Fsp3) is 1.00. The molecular formula is C9H14O2. The fourth-order valence-corrected chi connectivity index (χ4v) is 3.36. The second-order valence-electron chi connectivity index (χ2n) is 4.28. The fourth-order valence-electron chi connectivity index (χ4n) is 3.36. The molecular weight excluding hydrogens is 140 g/mol. The van der Waals surface area contributed by atoms with Gasteiger partial charge in [0.05, 0.1) is 18.8 Å². The van der Waals surface area contributed by atoms with E-state index in [4.69, 9.17) is 4.74 Å². The molecule has 0 aromatic carbocycles. The number of hydrogen-bond donors (Lipinski definition) is 1. The van der Waals surface area contributed by atoms with Gasteiger partial charge in [-0.1, -0.05) is 0 Å². The molecule has 1 heterocycles. The molecule has 1 aliphatic heterocycles. The van der Waals surface area contributed by atoms with Crippen LogP contribution in [0.2, 0.25) is 0 Å². The third-order valence-electron chi connectivity index (χ3n) is 3.80. The van der Waals surface area contributed by atoms with E-state index in [0.29, 0.717) is 0 Å². The Morgan fingerprint density at radius 3 is 2.91 bits per heavy atom. The van der Waals surface area contributed by atoms with E-state index in [2.05, 4.69) is 0 Å². The highest BCUT2D eigenvalue weighted by molar-refractivity contribution is 5.02. The molecule has 0 amide bonds. The van der Waals surface area contributed by atoms with E-state index in [0.717, 1.165) is 30.8 Å². The normalized spacial score (nSPS) is 60.3. The maximum atomic E-state index is 9.60. The first-order valence-corrected chi connectivity index (χ1v) is 4.66. The smallest absolute Gasteiger partial charge is 0.0868 e. The van der Waals surface area contributed by atoms with Crippen LogP contribution in [0, 0.1) is 17.8 Å². The van der Waals surface area contributed by atoms with Crippen LogP contribution in [0.5, 0.6) is 0 Å². The van der Waals surface area contributed by atoms with Gasteiger partial charge in [0, 0.05) is 0 Å². The molecule has 0 bridgehead atoms. The van der Waals surface area contributed by atoms with Crippen molar-refractivity contribution < 1.29 is 9.84 Å². The van der Waals surface area contributed by atoms with E-state index >= 15 is 0 Å². The number of hydrogen-bond acceptors (Lipinski definition) is 2. The van der Waals surface area contributed by atoms with Crippen molar-refractivity contribution in [1.29, 1.82) is 0 Å². The highest BCUT2D eigenvalue weighted by atomic mass is 16.5. The molecule has 0 aromatic heterocycles. The van der Waals surface area contributed by atoms with Crippen LogP contribution >= 0.6 is 0 Å². The monoisotopic (exact) mass is 154 g/mol. The SMILES string of the molecule is O[C@@H]1C[C@H]2CC[C@H]3CO[C@@H]1[C@@H]23. The zero-order valence-corrected chi connectivity index (χ0v) is 6.57. The summed E-state index contributed by atoms with van der Waals surface area (Å²) >= 11 is 0. The number of aliphatic hydroxyl groups is 1. The lowest BCUT2D eigenvalue weighted by Crippen LogP contribution is -2.23. The highest BCUT2D eigenvalue weighted by Gasteiger charge is 2.54. The minimum absolute atomic E-state index is 0.143. The van der Waals surface area contributed by atoms with Crippen LogP contribution in [0.3, 0.4) is 0 Å². The Morgan fingerprint density at radius 1 is 1.18 bits per heavy atom. The van der Waals surface area contributed by atoms with E-state index in [1.54, 1.807) is 0 Å². The Balaban J connectivity index is 1.93. The molecule has 2 saturated carbocycles. The topological polar surface area (TPSA) is 29.5 Å². The summed E-state index contributed by atoms with van der Waals surface area (Å²) in [5.41, 5.74) is 0. The van der Waals surface area contributed by atoms with Crippen LogP contribution < -0.4 is 0 Å². The van der Waals surface area contributed by atoms with Crippen molar-refractivity contribution in [1.82, 2.24) is 0 Å². The van der Waals surface area contributed by atoms with Crippen molar-refractivity contribution in [3.05, 3.63) is 0 Å². The van der Waals surface area contributed by atoms with E-state index in [9.17, 15) is 5.11 Å². The zero-order valence-electron chi connectivity index (χ0n) is 6.57. The van der Waals surface area contributed by atoms with Crippen molar-refractivity contribution in [2.75, 3.05) is 6.61 Å². The van der Waals surface area contributed by atoms with Crippen molar-refractivity contribution in [2.24, 2.45) is 17.8 Å². The zero-order chi connectivity index (χ0) is 7.42. The van der Waals surface area contributed by atoms with Crippen molar-refractivity contribution >= 4 is 0 Å². The molecule has 0 spiro atoms. The lowest BCUT2D eigenvalue weighted by Gasteiger charge is -2.12. The van der Waals surface area contributed by atoms with Gasteiger partial charge in [-0.15, -0.1) is 0 Å². The molecule has 2 nitrogen and oxygen atoms in total. The van der Waals surface area contributed by atoms with E-state index < -0.39 is 0 Å². The average molecular weight is 154 g/mol. The lowest BCUT2D eigenvalue weighted by molar-refractivity contribution is 0.00607. The Labute approximate surface area is 66.5 Å². The molecule has 2 heteroatoms. The third kappa shape index (κ3) is 0.695. The molecule has 3 rings (SSSR count). The maximum absolute atomic E-state index is 9.60. The largest absolute Gasteiger partial charge is 0.390 e. The summed E-state index contributed by atoms with van der Waals surface area (Å²) in [7, 11) is 0. The Morgan fingerprint density at radius 2 is 2.00 bits per heavy atom. The number of rotatable bonds is 0. The summed E-state index contributed by atoms with van der Waals surface area (Å²) in [6.07, 6.45) is 3.76. The van der Waals surface area contributed by atoms with Gasteiger partial charge in [0.15, 0.2) is 0 Å². The van der Waals surface area contributed by atoms with E-state index in [1.165, 1.54) is 12.8 Å². The summed E-state index contributed by atoms with van der Waals surface area (Å²) in [6.45, 7) is 0.920. The summed E-state index contributed by atoms with van der Waals surface area (Å²) < 4.78 is 5.57. The Kier molecular flexibility index (Phi) is 1.16. The molecule has 1 N–H and O–H groups in total. The van der Waals surface area contributed by atoms with Crippen LogP contribution in [0.15, 0.2) is 0 Å². The predicted octanol–water partition coefficient (Wildman–Crippen LogP) is 0.792. The quantitative estimate of drug-likeness (QED) is 0.559. The predicted molar refractivity (Wildman–Crippen MR) is 40.1 cm³/mol. The van der Waals surface area contributed by atoms with Gasteiger partial charge in [-0.2, -0.15) is 0 Å². The van der Waals surface area contributed by atoms with Crippen LogP contribution in [-0.4, -0.2) is 23.9 Å². The molecule has 1 saturated heterocycles. The summed E-state index contributed by atoms with van der Waals surface area (Å²) in [5, 5.41) is 9.60. The minimum atomic E-state index is -0.143. The molecule has 0 aromatic rings. The molecule has 3 fully saturated rings. The first-order chi connectivity index (χ1) is 5.36. The van der Waals surface area contributed by atoms with Crippen molar-refractivity contribution in [2.45, 2.75) is 31.5 Å². The van der Waals surface area contributed by atoms with E-state index in [1.807, 2.05) is 0 Å². The highest BCUT2D eigenvalue weighted by Crippen LogP contribution is 2.52. The molecule has 3 aliphatic rings. The lowest BCUT2D eigenvalue weighted by atomic mass is 9.94. The third-order valence-corrected chi connectivity index (χ3v) is 3.80. The number of aliphatic hydroxyl groups excluding tert-OH is 1. The Hall–Kier alpha value is -0.0800. The second-order valence-corrected chi connectivity index (χ2v) is 4.28. The summed E-state index contributed by atoms with van der Waals surface area (Å²) in [5.74, 6) is 2.31. The van der Waals surface area contributed by atoms with Gasteiger partial charge in [0.2, 0.25) is 0 Å². The minimum Gasteiger partial charge on any atom is -0.390 e. The van der Waals surface area contributed by atoms with Crippen LogP contribution in [0.4, 0.5) is 0 Å². The first-order valence-electron chi connectivity index (χ1n) is 4.66.